The first kappa shape index (κ1) is 18.9. The quantitative estimate of drug-likeness (QED) is 0.382. The van der Waals surface area contributed by atoms with Gasteiger partial charge in [0.25, 0.3) is 11.6 Å². The molecule has 2 N–H and O–H groups in total. The molecule has 30 heavy (non-hydrogen) atoms. The molecule has 8 heteroatoms. The van der Waals surface area contributed by atoms with E-state index < -0.39 is 10.8 Å². The van der Waals surface area contributed by atoms with Crippen LogP contribution in [-0.4, -0.2) is 20.6 Å². The van der Waals surface area contributed by atoms with E-state index >= 15 is 0 Å². The maximum atomic E-state index is 11.9. The summed E-state index contributed by atoms with van der Waals surface area (Å²) in [6.07, 6.45) is 1.51. The zero-order valence-electron chi connectivity index (χ0n) is 15.6. The van der Waals surface area contributed by atoms with Crippen molar-refractivity contribution in [2.75, 3.05) is 0 Å². The lowest BCUT2D eigenvalue weighted by atomic mass is 10.1. The molecule has 0 bridgehead atoms. The molecular weight excluding hydrogens is 384 g/mol. The molecule has 0 aliphatic rings. The number of hydrogen-bond acceptors (Lipinski definition) is 5. The second kappa shape index (κ2) is 7.88. The van der Waals surface area contributed by atoms with E-state index in [-0.39, 0.29) is 11.3 Å². The second-order valence-electron chi connectivity index (χ2n) is 6.41. The minimum atomic E-state index is -0.622. The second-order valence-corrected chi connectivity index (χ2v) is 6.41. The highest BCUT2D eigenvalue weighted by molar-refractivity contribution is 5.98. The summed E-state index contributed by atoms with van der Waals surface area (Å²) in [5, 5.41) is 15.3. The zero-order valence-corrected chi connectivity index (χ0v) is 15.6. The monoisotopic (exact) mass is 400 g/mol. The largest absolute Gasteiger partial charge is 0.457 e. The molecule has 0 saturated carbocycles. The van der Waals surface area contributed by atoms with E-state index in [1.165, 1.54) is 23.0 Å². The molecule has 148 valence electrons. The van der Waals surface area contributed by atoms with Crippen molar-refractivity contribution in [2.24, 2.45) is 5.73 Å². The Bertz CT molecular complexity index is 1200. The SMILES string of the molecule is NC(=O)c1cn(-c2ccc([N+](=O)[O-])cc2)nc1-c1ccc(Oc2ccccc2)cc1. The minimum Gasteiger partial charge on any atom is -0.457 e. The van der Waals surface area contributed by atoms with Crippen LogP contribution in [0.5, 0.6) is 11.5 Å². The molecule has 0 radical (unpaired) electrons. The predicted octanol–water partition coefficient (Wildman–Crippen LogP) is 4.34. The molecule has 0 saturated heterocycles. The first-order valence-electron chi connectivity index (χ1n) is 8.99. The number of nitrogens with zero attached hydrogens (tertiary/aromatic N) is 3. The van der Waals surface area contributed by atoms with Crippen LogP contribution in [0.25, 0.3) is 16.9 Å². The van der Waals surface area contributed by atoms with E-state index in [1.54, 1.807) is 36.4 Å². The maximum absolute atomic E-state index is 11.9. The van der Waals surface area contributed by atoms with Crippen molar-refractivity contribution in [3.8, 4) is 28.4 Å². The van der Waals surface area contributed by atoms with E-state index in [1.807, 2.05) is 30.3 Å². The van der Waals surface area contributed by atoms with E-state index in [0.29, 0.717) is 28.4 Å². The first-order valence-corrected chi connectivity index (χ1v) is 8.99. The number of nitro groups is 1. The highest BCUT2D eigenvalue weighted by atomic mass is 16.6. The van der Waals surface area contributed by atoms with Crippen LogP contribution < -0.4 is 10.5 Å². The van der Waals surface area contributed by atoms with E-state index in [4.69, 9.17) is 10.5 Å². The van der Waals surface area contributed by atoms with Crippen molar-refractivity contribution in [1.82, 2.24) is 9.78 Å². The Labute approximate surface area is 171 Å². The van der Waals surface area contributed by atoms with Crippen LogP contribution in [0.2, 0.25) is 0 Å². The molecule has 3 aromatic carbocycles. The molecule has 8 nitrogen and oxygen atoms in total. The smallest absolute Gasteiger partial charge is 0.269 e. The summed E-state index contributed by atoms with van der Waals surface area (Å²) < 4.78 is 7.25. The molecule has 0 fully saturated rings. The van der Waals surface area contributed by atoms with E-state index in [9.17, 15) is 14.9 Å². The topological polar surface area (TPSA) is 113 Å². The molecular formula is C22H16N4O4. The minimum absolute atomic E-state index is 0.0322. The molecule has 4 rings (SSSR count). The third-order valence-electron chi connectivity index (χ3n) is 4.41. The summed E-state index contributed by atoms with van der Waals surface area (Å²) in [6, 6.07) is 22.3. The lowest BCUT2D eigenvalue weighted by Gasteiger charge is -2.06. The fraction of sp³-hybridized carbons (Fsp3) is 0. The fourth-order valence-corrected chi connectivity index (χ4v) is 2.93. The van der Waals surface area contributed by atoms with E-state index in [2.05, 4.69) is 5.10 Å². The lowest BCUT2D eigenvalue weighted by molar-refractivity contribution is -0.384. The Morgan fingerprint density at radius 3 is 2.17 bits per heavy atom. The highest BCUT2D eigenvalue weighted by Crippen LogP contribution is 2.28. The highest BCUT2D eigenvalue weighted by Gasteiger charge is 2.17. The number of nitrogens with two attached hydrogens (primary N) is 1. The first-order chi connectivity index (χ1) is 14.5. The van der Waals surface area contributed by atoms with Gasteiger partial charge in [-0.15, -0.1) is 0 Å². The van der Waals surface area contributed by atoms with E-state index in [0.717, 1.165) is 0 Å². The van der Waals surface area contributed by atoms with Crippen LogP contribution in [0.15, 0.2) is 85.1 Å². The van der Waals surface area contributed by atoms with Gasteiger partial charge in [-0.2, -0.15) is 5.10 Å². The van der Waals surface area contributed by atoms with Gasteiger partial charge >= 0.3 is 0 Å². The van der Waals surface area contributed by atoms with Crippen molar-refractivity contribution >= 4 is 11.6 Å². The average molecular weight is 400 g/mol. The number of benzene rings is 3. The van der Waals surface area contributed by atoms with Crippen molar-refractivity contribution in [3.05, 3.63) is 101 Å². The molecule has 0 aliphatic carbocycles. The van der Waals surface area contributed by atoms with Crippen LogP contribution in [0, 0.1) is 10.1 Å². The third-order valence-corrected chi connectivity index (χ3v) is 4.41. The molecule has 0 spiro atoms. The van der Waals surface area contributed by atoms with Crippen LogP contribution in [-0.2, 0) is 0 Å². The number of non-ortho nitro benzene ring substituents is 1. The fourth-order valence-electron chi connectivity index (χ4n) is 2.93. The van der Waals surface area contributed by atoms with Crippen molar-refractivity contribution in [1.29, 1.82) is 0 Å². The Hall–Kier alpha value is -4.46. The number of primary amides is 1. The number of rotatable bonds is 6. The summed E-state index contributed by atoms with van der Waals surface area (Å²) in [5.74, 6) is 0.730. The predicted molar refractivity (Wildman–Crippen MR) is 111 cm³/mol. The summed E-state index contributed by atoms with van der Waals surface area (Å²) in [5.41, 5.74) is 7.40. The van der Waals surface area contributed by atoms with Crippen LogP contribution >= 0.6 is 0 Å². The van der Waals surface area contributed by atoms with Gasteiger partial charge in [-0.3, -0.25) is 14.9 Å². The molecule has 0 atom stereocenters. The molecule has 4 aromatic rings. The number of aromatic nitrogens is 2. The van der Waals surface area contributed by atoms with Gasteiger partial charge in [-0.1, -0.05) is 18.2 Å². The Balaban J connectivity index is 1.65. The Morgan fingerprint density at radius 2 is 1.57 bits per heavy atom. The van der Waals surface area contributed by atoms with Crippen LogP contribution in [0.1, 0.15) is 10.4 Å². The molecule has 1 amide bonds. The summed E-state index contributed by atoms with van der Waals surface area (Å²) in [4.78, 5) is 22.3. The van der Waals surface area contributed by atoms with Crippen molar-refractivity contribution in [2.45, 2.75) is 0 Å². The number of amides is 1. The average Bonchev–Trinajstić information content (AvgIpc) is 3.21. The number of para-hydroxylation sites is 1. The summed E-state index contributed by atoms with van der Waals surface area (Å²) in [6.45, 7) is 0. The van der Waals surface area contributed by atoms with Gasteiger partial charge in [-0.05, 0) is 48.5 Å². The number of carbonyl (C=O) groups is 1. The molecule has 1 heterocycles. The molecule has 0 aliphatic heterocycles. The molecule has 1 aromatic heterocycles. The van der Waals surface area contributed by atoms with Gasteiger partial charge in [0, 0.05) is 23.9 Å². The number of nitro benzene ring substituents is 1. The number of hydrogen-bond donors (Lipinski definition) is 1. The van der Waals surface area contributed by atoms with Gasteiger partial charge in [0.1, 0.15) is 17.2 Å². The van der Waals surface area contributed by atoms with Crippen molar-refractivity contribution in [3.63, 3.8) is 0 Å². The van der Waals surface area contributed by atoms with Gasteiger partial charge in [0.2, 0.25) is 0 Å². The number of carbonyl (C=O) groups excluding carboxylic acids is 1. The normalized spacial score (nSPS) is 10.5. The van der Waals surface area contributed by atoms with Crippen LogP contribution in [0.4, 0.5) is 5.69 Å². The number of ether oxygens (including phenoxy) is 1. The van der Waals surface area contributed by atoms with Gasteiger partial charge in [0.05, 0.1) is 16.2 Å². The van der Waals surface area contributed by atoms with Gasteiger partial charge < -0.3 is 10.5 Å². The maximum Gasteiger partial charge on any atom is 0.269 e. The summed E-state index contributed by atoms with van der Waals surface area (Å²) >= 11 is 0. The third kappa shape index (κ3) is 3.88. The molecule has 0 unspecified atom stereocenters. The van der Waals surface area contributed by atoms with Crippen molar-refractivity contribution < 1.29 is 14.5 Å². The van der Waals surface area contributed by atoms with Crippen LogP contribution in [0.3, 0.4) is 0 Å². The van der Waals surface area contributed by atoms with Gasteiger partial charge in [-0.25, -0.2) is 4.68 Å². The Kier molecular flexibility index (Phi) is 4.96. The zero-order chi connectivity index (χ0) is 21.1. The summed E-state index contributed by atoms with van der Waals surface area (Å²) in [7, 11) is 0. The lowest BCUT2D eigenvalue weighted by Crippen LogP contribution is -2.11. The van der Waals surface area contributed by atoms with Gasteiger partial charge in [0.15, 0.2) is 0 Å². The Morgan fingerprint density at radius 1 is 0.933 bits per heavy atom. The standard InChI is InChI=1S/C22H16N4O4/c23-22(27)20-14-25(16-8-10-17(11-9-16)26(28)29)24-21(20)15-6-12-19(13-7-15)30-18-4-2-1-3-5-18/h1-14H,(H2,23,27).